The number of hydrogen-bond acceptors (Lipinski definition) is 5. The van der Waals surface area contributed by atoms with Crippen LogP contribution >= 0.6 is 0 Å². The molecule has 1 atom stereocenters. The van der Waals surface area contributed by atoms with E-state index in [9.17, 15) is 14.7 Å². The Bertz CT molecular complexity index is 705. The second-order valence-corrected chi connectivity index (χ2v) is 7.45. The van der Waals surface area contributed by atoms with Crippen LogP contribution < -0.4 is 10.1 Å². The van der Waals surface area contributed by atoms with E-state index < -0.39 is 0 Å². The second-order valence-electron chi connectivity index (χ2n) is 7.45. The van der Waals surface area contributed by atoms with Crippen molar-refractivity contribution in [3.05, 3.63) is 23.8 Å². The van der Waals surface area contributed by atoms with Gasteiger partial charge in [-0.1, -0.05) is 13.8 Å². The van der Waals surface area contributed by atoms with Gasteiger partial charge in [0.1, 0.15) is 12.4 Å². The monoisotopic (exact) mass is 389 g/mol. The fourth-order valence-corrected chi connectivity index (χ4v) is 4.05. The molecule has 0 saturated carbocycles. The quantitative estimate of drug-likeness (QED) is 0.777. The largest absolute Gasteiger partial charge is 0.490 e. The maximum Gasteiger partial charge on any atom is 0.254 e. The topological polar surface area (TPSA) is 82.1 Å². The van der Waals surface area contributed by atoms with Crippen molar-refractivity contribution in [3.8, 4) is 5.75 Å². The van der Waals surface area contributed by atoms with Crippen molar-refractivity contribution in [2.75, 3.05) is 44.7 Å². The summed E-state index contributed by atoms with van der Waals surface area (Å²) >= 11 is 0. The van der Waals surface area contributed by atoms with Gasteiger partial charge in [0.05, 0.1) is 11.7 Å². The van der Waals surface area contributed by atoms with E-state index >= 15 is 0 Å². The number of amides is 2. The fourth-order valence-electron chi connectivity index (χ4n) is 4.05. The first kappa shape index (κ1) is 20.5. The molecule has 0 spiro atoms. The third-order valence-electron chi connectivity index (χ3n) is 5.76. The van der Waals surface area contributed by atoms with Gasteiger partial charge in [-0.25, -0.2) is 0 Å². The van der Waals surface area contributed by atoms with Gasteiger partial charge in [0.25, 0.3) is 5.91 Å². The summed E-state index contributed by atoms with van der Waals surface area (Å²) in [7, 11) is 0. The van der Waals surface area contributed by atoms with Gasteiger partial charge in [-0.3, -0.25) is 9.59 Å². The predicted octanol–water partition coefficient (Wildman–Crippen LogP) is 1.96. The summed E-state index contributed by atoms with van der Waals surface area (Å²) in [6.45, 7) is 6.87. The Kier molecular flexibility index (Phi) is 6.78. The van der Waals surface area contributed by atoms with Gasteiger partial charge in [0.2, 0.25) is 5.91 Å². The Balaban J connectivity index is 1.74. The number of aliphatic hydroxyl groups excluding tert-OH is 1. The number of carbonyl (C=O) groups excluding carboxylic acids is 2. The molecule has 7 heteroatoms. The molecule has 2 amide bonds. The zero-order valence-electron chi connectivity index (χ0n) is 16.8. The summed E-state index contributed by atoms with van der Waals surface area (Å²) in [5.41, 5.74) is 1.47. The van der Waals surface area contributed by atoms with Crippen molar-refractivity contribution < 1.29 is 19.4 Å². The van der Waals surface area contributed by atoms with Crippen molar-refractivity contribution >= 4 is 17.5 Å². The molecule has 2 aliphatic rings. The van der Waals surface area contributed by atoms with Crippen molar-refractivity contribution in [1.29, 1.82) is 0 Å². The third-order valence-corrected chi connectivity index (χ3v) is 5.76. The highest BCUT2D eigenvalue weighted by atomic mass is 16.5. The zero-order valence-corrected chi connectivity index (χ0v) is 16.8. The Labute approximate surface area is 166 Å². The van der Waals surface area contributed by atoms with Crippen LogP contribution in [0.15, 0.2) is 18.2 Å². The molecule has 1 unspecified atom stereocenters. The minimum atomic E-state index is -0.181. The standard InChI is InChI=1S/C21H31N3O4/c1-3-15(4-2)20(26)23-9-10-24(17(14-23)7-11-25)21(27)16-5-6-18-19(13-16)28-12-8-22-18/h5-6,13,15,17,22,25H,3-4,7-12,14H2,1-2H3. The average molecular weight is 389 g/mol. The van der Waals surface area contributed by atoms with Crippen LogP contribution in [-0.2, 0) is 4.79 Å². The summed E-state index contributed by atoms with van der Waals surface area (Å²) in [6.07, 6.45) is 2.10. The molecule has 0 aromatic heterocycles. The van der Waals surface area contributed by atoms with Gasteiger partial charge >= 0.3 is 0 Å². The summed E-state index contributed by atoms with van der Waals surface area (Å²) in [5.74, 6) is 0.805. The van der Waals surface area contributed by atoms with Crippen LogP contribution in [0.4, 0.5) is 5.69 Å². The molecule has 2 heterocycles. The molecule has 28 heavy (non-hydrogen) atoms. The number of fused-ring (bicyclic) bond motifs is 1. The predicted molar refractivity (Wildman–Crippen MR) is 108 cm³/mol. The van der Waals surface area contributed by atoms with Gasteiger partial charge in [-0.2, -0.15) is 0 Å². The van der Waals surface area contributed by atoms with Crippen LogP contribution in [0.3, 0.4) is 0 Å². The lowest BCUT2D eigenvalue weighted by atomic mass is 9.99. The number of aliphatic hydroxyl groups is 1. The van der Waals surface area contributed by atoms with E-state index in [1.165, 1.54) is 0 Å². The van der Waals surface area contributed by atoms with E-state index in [2.05, 4.69) is 5.32 Å². The molecule has 154 valence electrons. The Hall–Kier alpha value is -2.28. The molecule has 1 aromatic carbocycles. The molecule has 0 radical (unpaired) electrons. The first-order chi connectivity index (χ1) is 13.6. The van der Waals surface area contributed by atoms with Gasteiger partial charge in [0, 0.05) is 44.3 Å². The molecule has 2 N–H and O–H groups in total. The number of anilines is 1. The molecular weight excluding hydrogens is 358 g/mol. The Morgan fingerprint density at radius 3 is 2.79 bits per heavy atom. The molecular formula is C21H31N3O4. The number of nitrogens with zero attached hydrogens (tertiary/aromatic N) is 2. The first-order valence-corrected chi connectivity index (χ1v) is 10.3. The van der Waals surface area contributed by atoms with Crippen LogP contribution in [0.2, 0.25) is 0 Å². The zero-order chi connectivity index (χ0) is 20.1. The number of nitrogens with one attached hydrogen (secondary N) is 1. The number of benzene rings is 1. The summed E-state index contributed by atoms with van der Waals surface area (Å²) < 4.78 is 5.65. The Morgan fingerprint density at radius 2 is 2.07 bits per heavy atom. The number of ether oxygens (including phenoxy) is 1. The van der Waals surface area contributed by atoms with Gasteiger partial charge in [0.15, 0.2) is 0 Å². The van der Waals surface area contributed by atoms with Gasteiger partial charge in [-0.05, 0) is 37.5 Å². The van der Waals surface area contributed by atoms with Crippen molar-refractivity contribution in [1.82, 2.24) is 9.80 Å². The van der Waals surface area contributed by atoms with E-state index in [1.807, 2.05) is 24.8 Å². The van der Waals surface area contributed by atoms with E-state index in [4.69, 9.17) is 4.74 Å². The number of carbonyl (C=O) groups is 2. The second kappa shape index (κ2) is 9.28. The summed E-state index contributed by atoms with van der Waals surface area (Å²) in [5, 5.41) is 12.8. The number of hydrogen-bond donors (Lipinski definition) is 2. The normalized spacial score (nSPS) is 19.1. The lowest BCUT2D eigenvalue weighted by Crippen LogP contribution is -2.57. The molecule has 0 bridgehead atoms. The third kappa shape index (κ3) is 4.24. The maximum atomic E-state index is 13.2. The highest BCUT2D eigenvalue weighted by Gasteiger charge is 2.34. The molecule has 3 rings (SSSR count). The van der Waals surface area contributed by atoms with E-state index in [1.54, 1.807) is 17.0 Å². The van der Waals surface area contributed by atoms with Crippen LogP contribution in [0.25, 0.3) is 0 Å². The van der Waals surface area contributed by atoms with Crippen LogP contribution in [0.5, 0.6) is 5.75 Å². The van der Waals surface area contributed by atoms with Crippen LogP contribution in [-0.4, -0.2) is 72.2 Å². The minimum Gasteiger partial charge on any atom is -0.490 e. The van der Waals surface area contributed by atoms with E-state index in [0.29, 0.717) is 44.0 Å². The van der Waals surface area contributed by atoms with E-state index in [0.717, 1.165) is 25.1 Å². The molecule has 2 aliphatic heterocycles. The lowest BCUT2D eigenvalue weighted by molar-refractivity contribution is -0.138. The highest BCUT2D eigenvalue weighted by molar-refractivity contribution is 5.96. The first-order valence-electron chi connectivity index (χ1n) is 10.3. The molecule has 1 saturated heterocycles. The average Bonchev–Trinajstić information content (AvgIpc) is 2.74. The molecule has 7 nitrogen and oxygen atoms in total. The highest BCUT2D eigenvalue weighted by Crippen LogP contribution is 2.29. The number of rotatable bonds is 6. The van der Waals surface area contributed by atoms with Crippen LogP contribution in [0, 0.1) is 5.92 Å². The van der Waals surface area contributed by atoms with Crippen molar-refractivity contribution in [2.24, 2.45) is 5.92 Å². The van der Waals surface area contributed by atoms with Gasteiger partial charge in [-0.15, -0.1) is 0 Å². The maximum absolute atomic E-state index is 13.2. The SMILES string of the molecule is CCC(CC)C(=O)N1CCN(C(=O)c2ccc3c(c2)OCCN3)C(CCO)C1. The summed E-state index contributed by atoms with van der Waals surface area (Å²) in [6, 6.07) is 5.28. The van der Waals surface area contributed by atoms with E-state index in [-0.39, 0.29) is 30.4 Å². The van der Waals surface area contributed by atoms with Crippen LogP contribution in [0.1, 0.15) is 43.5 Å². The molecule has 1 aromatic rings. The Morgan fingerprint density at radius 1 is 1.29 bits per heavy atom. The van der Waals surface area contributed by atoms with Crippen molar-refractivity contribution in [3.63, 3.8) is 0 Å². The summed E-state index contributed by atoms with van der Waals surface area (Å²) in [4.78, 5) is 29.6. The fraction of sp³-hybridized carbons (Fsp3) is 0.619. The smallest absolute Gasteiger partial charge is 0.254 e. The molecule has 1 fully saturated rings. The minimum absolute atomic E-state index is 0.0152. The lowest BCUT2D eigenvalue weighted by Gasteiger charge is -2.42. The number of piperazine rings is 1. The van der Waals surface area contributed by atoms with Gasteiger partial charge < -0.3 is 25.0 Å². The molecule has 0 aliphatic carbocycles. The van der Waals surface area contributed by atoms with Crippen molar-refractivity contribution in [2.45, 2.75) is 39.2 Å².